The van der Waals surface area contributed by atoms with Crippen LogP contribution < -0.4 is 0 Å². The quantitative estimate of drug-likeness (QED) is 0.379. The third-order valence-corrected chi connectivity index (χ3v) is 4.66. The van der Waals surface area contributed by atoms with Crippen LogP contribution in [0.2, 0.25) is 0 Å². The van der Waals surface area contributed by atoms with Crippen molar-refractivity contribution >= 4 is 40.4 Å². The van der Waals surface area contributed by atoms with E-state index in [1.54, 1.807) is 11.3 Å². The fourth-order valence-electron chi connectivity index (χ4n) is 2.20. The number of hydrogen-bond acceptors (Lipinski definition) is 3. The van der Waals surface area contributed by atoms with Crippen LogP contribution in [0.25, 0.3) is 6.08 Å². The Labute approximate surface area is 154 Å². The average molecular weight is 372 g/mol. The molecule has 1 unspecified atom stereocenters. The first-order chi connectivity index (χ1) is 10.4. The van der Waals surface area contributed by atoms with E-state index in [0.717, 1.165) is 30.0 Å². The fraction of sp³-hybridized carbons (Fsp3) is 0.500. The van der Waals surface area contributed by atoms with Crippen LogP contribution >= 0.6 is 34.3 Å². The van der Waals surface area contributed by atoms with Gasteiger partial charge in [0.05, 0.1) is 16.8 Å². The Morgan fingerprint density at radius 1 is 1.39 bits per heavy atom. The lowest BCUT2D eigenvalue weighted by Gasteiger charge is -2.14. The van der Waals surface area contributed by atoms with E-state index in [2.05, 4.69) is 59.3 Å². The number of aryl methyl sites for hydroxylation is 1. The molecule has 0 spiro atoms. The number of aromatic nitrogens is 1. The van der Waals surface area contributed by atoms with Crippen molar-refractivity contribution in [2.75, 3.05) is 0 Å². The Bertz CT molecular complexity index is 549. The summed E-state index contributed by atoms with van der Waals surface area (Å²) in [6.45, 7) is 12.4. The summed E-state index contributed by atoms with van der Waals surface area (Å²) in [6.07, 6.45) is 8.80. The van der Waals surface area contributed by atoms with Crippen LogP contribution in [0.1, 0.15) is 57.2 Å². The van der Waals surface area contributed by atoms with E-state index in [4.69, 9.17) is 4.52 Å². The van der Waals surface area contributed by atoms with Crippen LogP contribution in [-0.2, 0) is 4.52 Å². The number of nitrogens with zero attached hydrogens (tertiary/aromatic N) is 1. The summed E-state index contributed by atoms with van der Waals surface area (Å²) in [5.74, 6) is 0. The van der Waals surface area contributed by atoms with Gasteiger partial charge in [-0.2, -0.15) is 13.5 Å². The Hall–Kier alpha value is -0.410. The molecule has 0 amide bonds. The zero-order valence-electron chi connectivity index (χ0n) is 14.7. The maximum atomic E-state index is 5.55. The molecule has 2 atom stereocenters. The van der Waals surface area contributed by atoms with E-state index in [1.807, 2.05) is 6.92 Å². The van der Waals surface area contributed by atoms with E-state index < -0.39 is 0 Å². The summed E-state index contributed by atoms with van der Waals surface area (Å²) < 4.78 is 5.55. The van der Waals surface area contributed by atoms with Crippen molar-refractivity contribution in [3.05, 3.63) is 45.5 Å². The Morgan fingerprint density at radius 3 is 2.61 bits per heavy atom. The zero-order valence-corrected chi connectivity index (χ0v) is 17.7. The van der Waals surface area contributed by atoms with Crippen molar-refractivity contribution < 1.29 is 4.52 Å². The predicted molar refractivity (Wildman–Crippen MR) is 113 cm³/mol. The van der Waals surface area contributed by atoms with E-state index in [9.17, 15) is 0 Å². The molecule has 0 aromatic carbocycles. The van der Waals surface area contributed by atoms with Gasteiger partial charge in [-0.1, -0.05) is 17.2 Å². The molecule has 0 saturated heterocycles. The van der Waals surface area contributed by atoms with Crippen LogP contribution in [0.4, 0.5) is 0 Å². The molecule has 0 N–H and O–H groups in total. The number of rotatable bonds is 9. The largest absolute Gasteiger partial charge is 0.358 e. The smallest absolute Gasteiger partial charge is 0.0901 e. The van der Waals surface area contributed by atoms with E-state index in [0.29, 0.717) is 0 Å². The van der Waals surface area contributed by atoms with Gasteiger partial charge >= 0.3 is 0 Å². The van der Waals surface area contributed by atoms with Gasteiger partial charge in [0.15, 0.2) is 0 Å². The predicted octanol–water partition coefficient (Wildman–Crippen LogP) is 6.23. The monoisotopic (exact) mass is 371 g/mol. The van der Waals surface area contributed by atoms with Crippen LogP contribution in [0.3, 0.4) is 0 Å². The van der Waals surface area contributed by atoms with Gasteiger partial charge in [0.1, 0.15) is 0 Å². The van der Waals surface area contributed by atoms with Crippen molar-refractivity contribution in [3.8, 4) is 0 Å². The fourth-order valence-corrected chi connectivity index (χ4v) is 3.10. The normalized spacial score (nSPS) is 13.6. The number of hydrogen-bond donors (Lipinski definition) is 0. The molecular formula is C18H30NOPS2. The molecule has 1 rings (SSSR count). The van der Waals surface area contributed by atoms with Gasteiger partial charge in [-0.05, 0) is 65.0 Å². The Morgan fingerprint density at radius 2 is 2.09 bits per heavy atom. The zero-order chi connectivity index (χ0) is 16.5. The van der Waals surface area contributed by atoms with Crippen molar-refractivity contribution in [2.24, 2.45) is 0 Å². The van der Waals surface area contributed by atoms with Crippen LogP contribution in [0.5, 0.6) is 0 Å². The first kappa shape index (κ1) is 22.6. The van der Waals surface area contributed by atoms with Gasteiger partial charge in [-0.3, -0.25) is 0 Å². The Balaban J connectivity index is 0.00000484. The van der Waals surface area contributed by atoms with Gasteiger partial charge in [0, 0.05) is 14.8 Å². The van der Waals surface area contributed by atoms with E-state index in [1.165, 1.54) is 23.1 Å². The topological polar surface area (TPSA) is 22.1 Å². The number of allylic oxidation sites excluding steroid dienone is 2. The molecule has 0 bridgehead atoms. The molecule has 0 fully saturated rings. The third kappa shape index (κ3) is 9.46. The first-order valence-corrected chi connectivity index (χ1v) is 9.03. The minimum absolute atomic E-state index is 0. The van der Waals surface area contributed by atoms with Crippen molar-refractivity contribution in [1.29, 1.82) is 0 Å². The minimum atomic E-state index is 0. The second-order valence-corrected chi connectivity index (χ2v) is 7.24. The summed E-state index contributed by atoms with van der Waals surface area (Å²) in [7, 11) is 2.39. The van der Waals surface area contributed by atoms with Crippen LogP contribution in [0, 0.1) is 6.92 Å². The highest BCUT2D eigenvalue weighted by molar-refractivity contribution is 7.59. The standard InChI is InChI=1S/C18H28NOPS.H2S/c1-13(2)7-6-8-14(3)9-10-18(20-21)15(4)11-17-12-22-16(5)19-17;/h9,11-12,18H,1,6-8,10,21H2,2-5H3;1H2/b14-9-,15-11+;/t18-;/m0./s1. The van der Waals surface area contributed by atoms with Crippen LogP contribution in [-0.4, -0.2) is 11.1 Å². The molecule has 0 radical (unpaired) electrons. The highest BCUT2D eigenvalue weighted by atomic mass is 32.1. The van der Waals surface area contributed by atoms with Crippen LogP contribution in [0.15, 0.2) is 34.8 Å². The molecule has 1 heterocycles. The summed E-state index contributed by atoms with van der Waals surface area (Å²) in [5.41, 5.74) is 4.91. The molecule has 23 heavy (non-hydrogen) atoms. The highest BCUT2D eigenvalue weighted by Gasteiger charge is 2.09. The average Bonchev–Trinajstić information content (AvgIpc) is 2.84. The maximum Gasteiger partial charge on any atom is 0.0901 e. The van der Waals surface area contributed by atoms with Gasteiger partial charge in [0.2, 0.25) is 0 Å². The molecular weight excluding hydrogens is 341 g/mol. The molecule has 1 aromatic rings. The molecule has 0 aliphatic carbocycles. The molecule has 2 nitrogen and oxygen atoms in total. The molecule has 5 heteroatoms. The maximum absolute atomic E-state index is 5.55. The van der Waals surface area contributed by atoms with Crippen molar-refractivity contribution in [3.63, 3.8) is 0 Å². The molecule has 1 aromatic heterocycles. The SMILES string of the molecule is C=C(C)CCC/C(C)=C\C[C@H](OP)/C(C)=C/c1csc(C)n1.S. The lowest BCUT2D eigenvalue weighted by Crippen LogP contribution is -2.08. The summed E-state index contributed by atoms with van der Waals surface area (Å²) >= 11 is 1.67. The molecule has 0 aliphatic rings. The highest BCUT2D eigenvalue weighted by Crippen LogP contribution is 2.20. The van der Waals surface area contributed by atoms with Crippen molar-refractivity contribution in [1.82, 2.24) is 4.98 Å². The number of thiazole rings is 1. The molecule has 0 aliphatic heterocycles. The van der Waals surface area contributed by atoms with Gasteiger partial charge in [0.25, 0.3) is 0 Å². The summed E-state index contributed by atoms with van der Waals surface area (Å²) in [6, 6.07) is 0. The third-order valence-electron chi connectivity index (χ3n) is 3.54. The molecule has 130 valence electrons. The van der Waals surface area contributed by atoms with Gasteiger partial charge in [-0.15, -0.1) is 17.9 Å². The first-order valence-electron chi connectivity index (χ1n) is 7.68. The van der Waals surface area contributed by atoms with E-state index in [-0.39, 0.29) is 19.6 Å². The lowest BCUT2D eigenvalue weighted by molar-refractivity contribution is 0.285. The Kier molecular flexibility index (Phi) is 11.8. The summed E-state index contributed by atoms with van der Waals surface area (Å²) in [5, 5.41) is 3.17. The van der Waals surface area contributed by atoms with E-state index >= 15 is 0 Å². The summed E-state index contributed by atoms with van der Waals surface area (Å²) in [4.78, 5) is 4.48. The van der Waals surface area contributed by atoms with Gasteiger partial charge in [-0.25, -0.2) is 4.98 Å². The minimum Gasteiger partial charge on any atom is -0.358 e. The second kappa shape index (κ2) is 12.0. The molecule has 0 saturated carbocycles. The van der Waals surface area contributed by atoms with Crippen molar-refractivity contribution in [2.45, 2.75) is 59.5 Å². The second-order valence-electron chi connectivity index (χ2n) is 5.90. The van der Waals surface area contributed by atoms with Gasteiger partial charge < -0.3 is 4.52 Å². The lowest BCUT2D eigenvalue weighted by atomic mass is 10.0.